The van der Waals surface area contributed by atoms with E-state index in [1.807, 2.05) is 6.92 Å². The van der Waals surface area contributed by atoms with Crippen LogP contribution in [0.3, 0.4) is 0 Å². The molecule has 0 saturated carbocycles. The Hall–Kier alpha value is -2.12. The van der Waals surface area contributed by atoms with Crippen molar-refractivity contribution in [3.8, 4) is 0 Å². The number of carbonyl (C=O) groups is 2. The number of amides is 2. The molecule has 0 aromatic carbocycles. The highest BCUT2D eigenvalue weighted by Gasteiger charge is 2.39. The zero-order valence-electron chi connectivity index (χ0n) is 10.9. The molecule has 2 atom stereocenters. The van der Waals surface area contributed by atoms with E-state index in [0.29, 0.717) is 18.8 Å². The van der Waals surface area contributed by atoms with E-state index in [-0.39, 0.29) is 18.5 Å². The molecule has 1 aliphatic rings. The lowest BCUT2D eigenvalue weighted by Gasteiger charge is -2.23. The fourth-order valence-electron chi connectivity index (χ4n) is 2.27. The predicted octanol–water partition coefficient (Wildman–Crippen LogP) is -0.180. The average Bonchev–Trinajstić information content (AvgIpc) is 2.92. The van der Waals surface area contributed by atoms with E-state index in [1.165, 1.54) is 4.90 Å². The van der Waals surface area contributed by atoms with Crippen molar-refractivity contribution in [3.05, 3.63) is 12.2 Å². The summed E-state index contributed by atoms with van der Waals surface area (Å²) in [4.78, 5) is 24.5. The first-order chi connectivity index (χ1) is 9.00. The number of urea groups is 1. The molecule has 1 aromatic rings. The smallest absolute Gasteiger partial charge is 0.326 e. The Bertz CT molecular complexity index is 486. The third kappa shape index (κ3) is 2.67. The first-order valence-corrected chi connectivity index (χ1v) is 6.11. The summed E-state index contributed by atoms with van der Waals surface area (Å²) in [5.74, 6) is -0.371. The molecule has 8 heteroatoms. The van der Waals surface area contributed by atoms with Gasteiger partial charge in [-0.05, 0) is 12.3 Å². The Balaban J connectivity index is 1.96. The largest absolute Gasteiger partial charge is 0.480 e. The van der Waals surface area contributed by atoms with Gasteiger partial charge in [0.25, 0.3) is 0 Å². The minimum Gasteiger partial charge on any atom is -0.480 e. The van der Waals surface area contributed by atoms with Crippen molar-refractivity contribution >= 4 is 12.0 Å². The van der Waals surface area contributed by atoms with Crippen molar-refractivity contribution in [2.75, 3.05) is 6.54 Å². The second-order valence-corrected chi connectivity index (χ2v) is 4.76. The monoisotopic (exact) mass is 267 g/mol. The molecule has 0 bridgehead atoms. The number of nitrogens with one attached hydrogen (secondary N) is 1. The molecule has 19 heavy (non-hydrogen) atoms. The van der Waals surface area contributed by atoms with Crippen LogP contribution in [-0.4, -0.2) is 49.4 Å². The van der Waals surface area contributed by atoms with Crippen LogP contribution in [0.4, 0.5) is 4.79 Å². The Kier molecular flexibility index (Phi) is 3.68. The standard InChI is InChI=1S/C11H17N5O3/c1-7-3-4-16(9(7)10(17)18)11(19)12-5-8-14-13-6-15(8)2/h6-7,9H,3-5H2,1-2H3,(H,12,19)(H,17,18). The van der Waals surface area contributed by atoms with Gasteiger partial charge in [-0.1, -0.05) is 6.92 Å². The summed E-state index contributed by atoms with van der Waals surface area (Å²) in [5.41, 5.74) is 0. The molecule has 0 spiro atoms. The van der Waals surface area contributed by atoms with Crippen molar-refractivity contribution in [3.63, 3.8) is 0 Å². The Morgan fingerprint density at radius 1 is 1.58 bits per heavy atom. The lowest BCUT2D eigenvalue weighted by atomic mass is 10.0. The molecule has 1 fully saturated rings. The van der Waals surface area contributed by atoms with Crippen LogP contribution in [0.2, 0.25) is 0 Å². The van der Waals surface area contributed by atoms with Crippen molar-refractivity contribution in [2.45, 2.75) is 25.9 Å². The first kappa shape index (κ1) is 13.3. The summed E-state index contributed by atoms with van der Waals surface area (Å²) in [5, 5.41) is 19.4. The van der Waals surface area contributed by atoms with Crippen LogP contribution in [0.25, 0.3) is 0 Å². The molecular formula is C11H17N5O3. The number of aromatic nitrogens is 3. The van der Waals surface area contributed by atoms with Gasteiger partial charge in [0.1, 0.15) is 12.4 Å². The van der Waals surface area contributed by atoms with E-state index in [0.717, 1.165) is 0 Å². The maximum atomic E-state index is 12.0. The van der Waals surface area contributed by atoms with Crippen molar-refractivity contribution < 1.29 is 14.7 Å². The number of rotatable bonds is 3. The van der Waals surface area contributed by atoms with Crippen LogP contribution in [0, 0.1) is 5.92 Å². The molecule has 8 nitrogen and oxygen atoms in total. The van der Waals surface area contributed by atoms with Gasteiger partial charge in [0.2, 0.25) is 0 Å². The zero-order valence-corrected chi connectivity index (χ0v) is 10.9. The van der Waals surface area contributed by atoms with Gasteiger partial charge in [0, 0.05) is 13.6 Å². The van der Waals surface area contributed by atoms with E-state index in [2.05, 4.69) is 15.5 Å². The number of hydrogen-bond acceptors (Lipinski definition) is 4. The van der Waals surface area contributed by atoms with E-state index < -0.39 is 12.0 Å². The van der Waals surface area contributed by atoms with Crippen LogP contribution in [-0.2, 0) is 18.4 Å². The molecule has 1 aliphatic heterocycles. The van der Waals surface area contributed by atoms with Crippen LogP contribution in [0.1, 0.15) is 19.2 Å². The van der Waals surface area contributed by atoms with Crippen LogP contribution in [0.5, 0.6) is 0 Å². The Labute approximate surface area is 110 Å². The first-order valence-electron chi connectivity index (χ1n) is 6.11. The van der Waals surface area contributed by atoms with E-state index in [9.17, 15) is 9.59 Å². The maximum Gasteiger partial charge on any atom is 0.326 e. The summed E-state index contributed by atoms with van der Waals surface area (Å²) in [6.45, 7) is 2.53. The van der Waals surface area contributed by atoms with Gasteiger partial charge in [0.05, 0.1) is 6.54 Å². The molecule has 1 aromatic heterocycles. The number of nitrogens with zero attached hydrogens (tertiary/aromatic N) is 4. The van der Waals surface area contributed by atoms with E-state index in [1.54, 1.807) is 17.9 Å². The summed E-state index contributed by atoms with van der Waals surface area (Å²) >= 11 is 0. The molecule has 2 N–H and O–H groups in total. The summed E-state index contributed by atoms with van der Waals surface area (Å²) in [6.07, 6.45) is 2.24. The summed E-state index contributed by atoms with van der Waals surface area (Å²) in [6, 6.07) is -1.13. The number of carboxylic acids is 1. The quantitative estimate of drug-likeness (QED) is 0.791. The number of hydrogen-bond donors (Lipinski definition) is 2. The zero-order chi connectivity index (χ0) is 14.0. The van der Waals surface area contributed by atoms with Gasteiger partial charge in [-0.25, -0.2) is 9.59 Å². The fraction of sp³-hybridized carbons (Fsp3) is 0.636. The van der Waals surface area contributed by atoms with Gasteiger partial charge in [-0.3, -0.25) is 0 Å². The molecule has 104 valence electrons. The number of likely N-dealkylation sites (tertiary alicyclic amines) is 1. The van der Waals surface area contributed by atoms with Crippen LogP contribution < -0.4 is 5.32 Å². The van der Waals surface area contributed by atoms with Gasteiger partial charge in [-0.2, -0.15) is 0 Å². The molecule has 2 heterocycles. The number of carboxylic acid groups (broad SMARTS) is 1. The SMILES string of the molecule is CC1CCN(C(=O)NCc2nncn2C)C1C(=O)O. The average molecular weight is 267 g/mol. The normalized spacial score (nSPS) is 22.5. The summed E-state index contributed by atoms with van der Waals surface area (Å²) in [7, 11) is 1.78. The summed E-state index contributed by atoms with van der Waals surface area (Å²) < 4.78 is 1.70. The fourth-order valence-corrected chi connectivity index (χ4v) is 2.27. The van der Waals surface area contributed by atoms with E-state index >= 15 is 0 Å². The van der Waals surface area contributed by atoms with Gasteiger partial charge >= 0.3 is 12.0 Å². The molecular weight excluding hydrogens is 250 g/mol. The number of aryl methyl sites for hydroxylation is 1. The number of aliphatic carboxylic acids is 1. The Morgan fingerprint density at radius 2 is 2.32 bits per heavy atom. The van der Waals surface area contributed by atoms with Gasteiger partial charge in [-0.15, -0.1) is 10.2 Å². The lowest BCUT2D eigenvalue weighted by Crippen LogP contribution is -2.47. The molecule has 2 amide bonds. The highest BCUT2D eigenvalue weighted by atomic mass is 16.4. The lowest BCUT2D eigenvalue weighted by molar-refractivity contribution is -0.142. The minimum absolute atomic E-state index is 0.0296. The van der Waals surface area contributed by atoms with Crippen molar-refractivity contribution in [1.29, 1.82) is 0 Å². The second-order valence-electron chi connectivity index (χ2n) is 4.76. The second kappa shape index (κ2) is 5.25. The highest BCUT2D eigenvalue weighted by Crippen LogP contribution is 2.23. The van der Waals surface area contributed by atoms with Crippen LogP contribution >= 0.6 is 0 Å². The van der Waals surface area contributed by atoms with Crippen LogP contribution in [0.15, 0.2) is 6.33 Å². The predicted molar refractivity (Wildman–Crippen MR) is 65.1 cm³/mol. The van der Waals surface area contributed by atoms with Gasteiger partial charge < -0.3 is 19.9 Å². The highest BCUT2D eigenvalue weighted by molar-refractivity contribution is 5.83. The maximum absolute atomic E-state index is 12.0. The molecule has 2 rings (SSSR count). The third-order valence-corrected chi connectivity index (χ3v) is 3.42. The van der Waals surface area contributed by atoms with Gasteiger partial charge in [0.15, 0.2) is 5.82 Å². The van der Waals surface area contributed by atoms with E-state index in [4.69, 9.17) is 5.11 Å². The number of carbonyl (C=O) groups excluding carboxylic acids is 1. The van der Waals surface area contributed by atoms with Crippen molar-refractivity contribution in [1.82, 2.24) is 25.0 Å². The van der Waals surface area contributed by atoms with Crippen molar-refractivity contribution in [2.24, 2.45) is 13.0 Å². The Morgan fingerprint density at radius 3 is 2.89 bits per heavy atom. The minimum atomic E-state index is -0.959. The third-order valence-electron chi connectivity index (χ3n) is 3.42. The molecule has 0 aliphatic carbocycles. The molecule has 2 unspecified atom stereocenters. The molecule has 0 radical (unpaired) electrons. The topological polar surface area (TPSA) is 100 Å². The molecule has 1 saturated heterocycles.